The Morgan fingerprint density at radius 1 is 0.566 bits per heavy atom. The molecule has 12 rings (SSSR count). The Labute approximate surface area is 725 Å². The van der Waals surface area contributed by atoms with Gasteiger partial charge in [0.2, 0.25) is 4.80 Å². The van der Waals surface area contributed by atoms with Gasteiger partial charge in [-0.25, -0.2) is 28.4 Å². The number of carbonyl (C=O) groups is 6. The molecule has 0 fully saturated rings. The predicted molar refractivity (Wildman–Crippen MR) is 486 cm³/mol. The molecule has 0 amide bonds. The zero-order valence-corrected chi connectivity index (χ0v) is 71.4. The van der Waals surface area contributed by atoms with Crippen molar-refractivity contribution in [3.05, 3.63) is 304 Å². The minimum Gasteiger partial charge on any atom is -0.493 e. The third kappa shape index (κ3) is 26.5. The lowest BCUT2D eigenvalue weighted by Gasteiger charge is -2.13. The van der Waals surface area contributed by atoms with Crippen LogP contribution in [0.4, 0.5) is 9.18 Å². The average Bonchev–Trinajstić information content (AvgIpc) is 0.963. The number of hydrogen-bond donors (Lipinski definition) is 0. The Bertz CT molecular complexity index is 5850. The highest BCUT2D eigenvalue weighted by Gasteiger charge is 2.19. The van der Waals surface area contributed by atoms with Gasteiger partial charge < -0.3 is 42.5 Å². The summed E-state index contributed by atoms with van der Waals surface area (Å²) < 4.78 is 62.4. The van der Waals surface area contributed by atoms with E-state index in [1.807, 2.05) is 140 Å². The van der Waals surface area contributed by atoms with Gasteiger partial charge in [0.1, 0.15) is 28.8 Å². The molecule has 0 saturated heterocycles. The molecule has 0 bridgehead atoms. The van der Waals surface area contributed by atoms with E-state index in [4.69, 9.17) is 49.5 Å². The standard InChI is InChI=1S/C49H44ClN3O9S.C49H47FN2O5S2/c1-4-6-29-60-49(57)62-38-22-18-35(19-23-38)40-27-26-39(41(46(40)50)32-51-52-48-53(3)42-11-7-8-12-43(42)63-48)34-16-13-33(14-17-34)15-28-45(55)61-37-24-20-36(21-25-37)47(56)59-31-10-9-30-58-44(54)5-2;1-5-6-28-58-42-21-16-36(17-22-42)38-18-24-45(40(30-38)32-51-52-34(4)47-31-39-10-7-8-11-46(39)59-47)57-48(53)25-13-35-12-23-43(44(50)29-35)37-14-19-41(20-15-37)55-26-9-27-56-49(54)33(2)3/h5,7-8,11-28,32H,2,4,6,9-10,29-31H2,1,3H3;7-8,10-12,14-24,29-32H,2,5-6,9,13,25-28H2,1,3-4H3/b28-15+,51-32+,52-48-;51-32+,52-34+. The molecule has 2 heterocycles. The molecule has 122 heavy (non-hydrogen) atoms. The van der Waals surface area contributed by atoms with Crippen LogP contribution < -0.4 is 23.7 Å². The minimum absolute atomic E-state index is 0.0515. The maximum absolute atomic E-state index is 15.4. The summed E-state index contributed by atoms with van der Waals surface area (Å²) in [5, 5.41) is 19.6. The fourth-order valence-electron chi connectivity index (χ4n) is 12.1. The second kappa shape index (κ2) is 46.0. The second-order valence-electron chi connectivity index (χ2n) is 27.8. The van der Waals surface area contributed by atoms with Crippen molar-refractivity contribution in [2.75, 3.05) is 38.8 Å². The lowest BCUT2D eigenvalue weighted by atomic mass is 9.94. The van der Waals surface area contributed by atoms with Gasteiger partial charge in [0.15, 0.2) is 0 Å². The van der Waals surface area contributed by atoms with Crippen LogP contribution in [0.5, 0.6) is 23.0 Å². The molecule has 0 unspecified atom stereocenters. The van der Waals surface area contributed by atoms with Crippen LogP contribution in [-0.4, -0.2) is 97.5 Å². The number of fused-ring (bicyclic) bond motifs is 2. The van der Waals surface area contributed by atoms with Crippen molar-refractivity contribution < 1.29 is 71.1 Å². The number of carbonyl (C=O) groups excluding carboxylic acids is 6. The summed E-state index contributed by atoms with van der Waals surface area (Å²) in [5.74, 6) is -0.196. The van der Waals surface area contributed by atoms with E-state index in [9.17, 15) is 28.8 Å². The van der Waals surface area contributed by atoms with Gasteiger partial charge >= 0.3 is 36.0 Å². The third-order valence-electron chi connectivity index (χ3n) is 18.8. The highest BCUT2D eigenvalue weighted by Crippen LogP contribution is 2.38. The molecule has 12 aromatic rings. The van der Waals surface area contributed by atoms with Gasteiger partial charge in [-0.05, 0) is 211 Å². The maximum atomic E-state index is 15.4. The molecule has 0 aliphatic rings. The zero-order chi connectivity index (χ0) is 86.1. The van der Waals surface area contributed by atoms with Gasteiger partial charge in [-0.1, -0.05) is 184 Å². The van der Waals surface area contributed by atoms with Crippen molar-refractivity contribution in [1.82, 2.24) is 4.57 Å². The highest BCUT2D eigenvalue weighted by molar-refractivity contribution is 7.99. The average molecular weight is 1710 g/mol. The highest BCUT2D eigenvalue weighted by atomic mass is 35.5. The van der Waals surface area contributed by atoms with Crippen molar-refractivity contribution in [3.8, 4) is 67.5 Å². The Morgan fingerprint density at radius 2 is 1.20 bits per heavy atom. The smallest absolute Gasteiger partial charge is 0.493 e. The fraction of sp³-hybridized carbons (Fsp3) is 0.204. The van der Waals surface area contributed by atoms with Crippen molar-refractivity contribution in [1.29, 1.82) is 0 Å². The second-order valence-corrected chi connectivity index (χ2v) is 31.5. The van der Waals surface area contributed by atoms with E-state index in [2.05, 4.69) is 83.0 Å². The van der Waals surface area contributed by atoms with Crippen molar-refractivity contribution in [2.45, 2.75) is 90.4 Å². The predicted octanol–water partition coefficient (Wildman–Crippen LogP) is 23.3. The lowest BCUT2D eigenvalue weighted by Crippen LogP contribution is -2.11. The fourth-order valence-corrected chi connectivity index (χ4v) is 15.4. The van der Waals surface area contributed by atoms with Crippen LogP contribution in [0.3, 0.4) is 0 Å². The van der Waals surface area contributed by atoms with Gasteiger partial charge in [-0.2, -0.15) is 15.3 Å². The SMILES string of the molecule is C=C(C)C(=O)OCCCOc1ccc(-c2ccc(CCC(=O)Oc3ccc(-c4ccc(SCCCC)cc4)cc3/C=N/N=C(\C)c3cc4ccccc4s3)cc2F)cc1.C=CC(=O)OCCCCOC(=O)c1ccc(OC(=O)/C=C/c2ccc(-c3ccc(-c4ccc(OC(=O)OCCCC)cc4)c(Cl)c3/C=N/N=c3\sc4ccccc4n3C)cc2)cc1. The molecule has 0 saturated carbocycles. The summed E-state index contributed by atoms with van der Waals surface area (Å²) in [6, 6.07) is 69.1. The number of ether oxygens (including phenoxy) is 8. The van der Waals surface area contributed by atoms with Crippen LogP contribution in [0, 0.1) is 5.82 Å². The number of benzene rings is 10. The molecular weight excluding hydrogens is 1620 g/mol. The van der Waals surface area contributed by atoms with E-state index in [0.717, 1.165) is 89.8 Å². The Hall–Kier alpha value is -12.9. The molecule has 624 valence electrons. The molecule has 0 atom stereocenters. The van der Waals surface area contributed by atoms with E-state index in [-0.39, 0.29) is 32.0 Å². The normalized spacial score (nSPS) is 11.5. The topological polar surface area (TPSA) is 231 Å². The first-order valence-corrected chi connectivity index (χ1v) is 42.7. The minimum atomic E-state index is -0.755. The van der Waals surface area contributed by atoms with Crippen molar-refractivity contribution in [2.24, 2.45) is 27.5 Å². The number of thioether (sulfide) groups is 1. The van der Waals surface area contributed by atoms with Crippen LogP contribution >= 0.6 is 46.0 Å². The first kappa shape index (κ1) is 89.8. The van der Waals surface area contributed by atoms with Gasteiger partial charge in [0.05, 0.1) is 76.9 Å². The number of esters is 5. The van der Waals surface area contributed by atoms with E-state index in [1.54, 1.807) is 85.3 Å². The van der Waals surface area contributed by atoms with Crippen molar-refractivity contribution >= 4 is 127 Å². The van der Waals surface area contributed by atoms with E-state index >= 15 is 4.39 Å². The van der Waals surface area contributed by atoms with Gasteiger partial charge in [-0.15, -0.1) is 28.2 Å². The van der Waals surface area contributed by atoms with Crippen LogP contribution in [0.1, 0.15) is 117 Å². The summed E-state index contributed by atoms with van der Waals surface area (Å²) in [5.41, 5.74) is 11.4. The maximum Gasteiger partial charge on any atom is 0.513 e. The monoisotopic (exact) mass is 1710 g/mol. The summed E-state index contributed by atoms with van der Waals surface area (Å²) in [7, 11) is 1.94. The number of thiophene rings is 1. The van der Waals surface area contributed by atoms with Gasteiger partial charge in [0.25, 0.3) is 0 Å². The molecule has 0 spiro atoms. The number of unbranched alkanes of at least 4 members (excludes halogenated alkanes) is 3. The Morgan fingerprint density at radius 3 is 1.91 bits per heavy atom. The van der Waals surface area contributed by atoms with Crippen LogP contribution in [0.15, 0.2) is 281 Å². The summed E-state index contributed by atoms with van der Waals surface area (Å²) in [4.78, 5) is 76.0. The summed E-state index contributed by atoms with van der Waals surface area (Å²) in [6.07, 6.45) is 12.5. The molecule has 0 aliphatic carbocycles. The van der Waals surface area contributed by atoms with Gasteiger partial charge in [0, 0.05) is 69.5 Å². The molecule has 0 aliphatic heterocycles. The lowest BCUT2D eigenvalue weighted by molar-refractivity contribution is -0.139. The molecule has 24 heteroatoms. The number of hydrogen-bond acceptors (Lipinski definition) is 21. The zero-order valence-electron chi connectivity index (χ0n) is 68.2. The quantitative estimate of drug-likeness (QED) is 0.00406. The molecule has 0 N–H and O–H groups in total. The number of nitrogens with zero attached hydrogens (tertiary/aromatic N) is 5. The van der Waals surface area contributed by atoms with E-state index < -0.39 is 41.8 Å². The van der Waals surface area contributed by atoms with Gasteiger partial charge in [-0.3, -0.25) is 4.79 Å². The number of rotatable bonds is 37. The third-order valence-corrected chi connectivity index (χ3v) is 22.6. The van der Waals surface area contributed by atoms with E-state index in [0.29, 0.717) is 105 Å². The largest absolute Gasteiger partial charge is 0.513 e. The Balaban J connectivity index is 0.000000239. The summed E-state index contributed by atoms with van der Waals surface area (Å²) >= 11 is 12.2. The molecular formula is C98H91ClFN5O14S3. The van der Waals surface area contributed by atoms with Crippen LogP contribution in [0.2, 0.25) is 5.02 Å². The van der Waals surface area contributed by atoms with Crippen LogP contribution in [0.25, 0.3) is 70.9 Å². The first-order chi connectivity index (χ1) is 59.3. The Kier molecular flexibility index (Phi) is 33.9. The molecule has 2 aromatic heterocycles. The first-order valence-electron chi connectivity index (χ1n) is 39.7. The van der Waals surface area contributed by atoms with Crippen LogP contribution in [-0.2, 0) is 51.6 Å². The number of para-hydroxylation sites is 1. The number of thiazole rings is 1. The molecule has 19 nitrogen and oxygen atoms in total. The number of aromatic nitrogens is 1. The number of halogens is 2. The molecule has 10 aromatic carbocycles. The van der Waals surface area contributed by atoms with E-state index in [1.165, 1.54) is 70.2 Å². The molecule has 0 radical (unpaired) electrons. The number of aryl methyl sites for hydroxylation is 2. The van der Waals surface area contributed by atoms with Crippen molar-refractivity contribution in [3.63, 3.8) is 0 Å². The summed E-state index contributed by atoms with van der Waals surface area (Å²) in [6.45, 7) is 15.9.